The number of rotatable bonds is 6. The van der Waals surface area contributed by atoms with Gasteiger partial charge in [0.1, 0.15) is 11.8 Å². The first kappa shape index (κ1) is 21.0. The lowest BCUT2D eigenvalue weighted by Crippen LogP contribution is -2.46. The predicted molar refractivity (Wildman–Crippen MR) is 120 cm³/mol. The van der Waals surface area contributed by atoms with Crippen LogP contribution >= 0.6 is 0 Å². The Morgan fingerprint density at radius 2 is 1.71 bits per heavy atom. The van der Waals surface area contributed by atoms with Gasteiger partial charge in [-0.25, -0.2) is 0 Å². The Morgan fingerprint density at radius 3 is 2.35 bits per heavy atom. The van der Waals surface area contributed by atoms with Crippen LogP contribution in [0.5, 0.6) is 5.75 Å². The highest BCUT2D eigenvalue weighted by atomic mass is 16.5. The second-order valence-electron chi connectivity index (χ2n) is 8.14. The summed E-state index contributed by atoms with van der Waals surface area (Å²) in [5, 5.41) is 9.56. The molecular weight excluding hydrogens is 388 g/mol. The molecule has 0 saturated carbocycles. The van der Waals surface area contributed by atoms with Crippen LogP contribution in [0.1, 0.15) is 33.8 Å². The Morgan fingerprint density at radius 1 is 1.03 bits per heavy atom. The van der Waals surface area contributed by atoms with Crippen molar-refractivity contribution in [1.82, 2.24) is 9.88 Å². The molecule has 0 bridgehead atoms. The number of benzene rings is 2. The third-order valence-corrected chi connectivity index (χ3v) is 5.61. The Labute approximate surface area is 183 Å². The first-order chi connectivity index (χ1) is 15.0. The minimum atomic E-state index is 0.202. The van der Waals surface area contributed by atoms with Crippen LogP contribution in [0.2, 0.25) is 0 Å². The van der Waals surface area contributed by atoms with Crippen LogP contribution in [0.3, 0.4) is 0 Å². The molecule has 0 amide bonds. The van der Waals surface area contributed by atoms with Gasteiger partial charge in [-0.3, -0.25) is 4.90 Å². The molecule has 3 aromatic rings. The van der Waals surface area contributed by atoms with E-state index >= 15 is 0 Å². The van der Waals surface area contributed by atoms with Gasteiger partial charge in [-0.1, -0.05) is 48.0 Å². The highest BCUT2D eigenvalue weighted by Crippen LogP contribution is 2.27. The Kier molecular flexibility index (Phi) is 6.24. The molecule has 1 fully saturated rings. The molecule has 4 rings (SSSR count). The molecule has 6 heteroatoms. The van der Waals surface area contributed by atoms with E-state index in [1.165, 1.54) is 11.1 Å². The molecule has 0 atom stereocenters. The second kappa shape index (κ2) is 9.23. The van der Waals surface area contributed by atoms with Gasteiger partial charge in [0.25, 0.3) is 0 Å². The highest BCUT2D eigenvalue weighted by molar-refractivity contribution is 5.48. The molecule has 1 aromatic heterocycles. The number of nitriles is 1. The zero-order chi connectivity index (χ0) is 21.8. The maximum absolute atomic E-state index is 9.56. The quantitative estimate of drug-likeness (QED) is 0.594. The van der Waals surface area contributed by atoms with Gasteiger partial charge in [0.2, 0.25) is 17.5 Å². The fraction of sp³-hybridized carbons (Fsp3) is 0.360. The van der Waals surface area contributed by atoms with Gasteiger partial charge >= 0.3 is 0 Å². The van der Waals surface area contributed by atoms with E-state index in [0.29, 0.717) is 17.5 Å². The van der Waals surface area contributed by atoms with Gasteiger partial charge in [0.15, 0.2) is 6.61 Å². The Balaban J connectivity index is 1.40. The summed E-state index contributed by atoms with van der Waals surface area (Å²) in [4.78, 5) is 8.90. The van der Waals surface area contributed by atoms with E-state index in [2.05, 4.69) is 64.2 Å². The third kappa shape index (κ3) is 4.89. The van der Waals surface area contributed by atoms with Gasteiger partial charge in [-0.15, -0.1) is 0 Å². The number of aromatic nitrogens is 1. The standard InChI is InChI=1S/C25H28N4O2/c1-18-13-19(2)24(20(3)14-18)30-17-23-27-22(15-26)25(31-23)29-11-9-28(10-12-29)16-21-7-5-4-6-8-21/h4-8,13-14H,9-12,16-17H2,1-3H3. The zero-order valence-electron chi connectivity index (χ0n) is 18.4. The lowest BCUT2D eigenvalue weighted by atomic mass is 10.1. The van der Waals surface area contributed by atoms with E-state index in [9.17, 15) is 5.26 Å². The van der Waals surface area contributed by atoms with Crippen molar-refractivity contribution in [2.24, 2.45) is 0 Å². The molecule has 0 aliphatic carbocycles. The molecule has 160 valence electrons. The number of anilines is 1. The summed E-state index contributed by atoms with van der Waals surface area (Å²) in [7, 11) is 0. The summed E-state index contributed by atoms with van der Waals surface area (Å²) < 4.78 is 12.0. The Hall–Kier alpha value is -3.30. The number of nitrogens with zero attached hydrogens (tertiary/aromatic N) is 4. The summed E-state index contributed by atoms with van der Waals surface area (Å²) in [6.07, 6.45) is 0. The number of oxazole rings is 1. The van der Waals surface area contributed by atoms with Crippen molar-refractivity contribution in [3.05, 3.63) is 76.3 Å². The van der Waals surface area contributed by atoms with Crippen LogP contribution in [-0.2, 0) is 13.2 Å². The minimum Gasteiger partial charge on any atom is -0.483 e. The van der Waals surface area contributed by atoms with Crippen molar-refractivity contribution in [3.8, 4) is 11.8 Å². The first-order valence-corrected chi connectivity index (χ1v) is 10.6. The molecule has 1 aliphatic heterocycles. The summed E-state index contributed by atoms with van der Waals surface area (Å²) in [5.41, 5.74) is 5.01. The number of piperazine rings is 1. The van der Waals surface area contributed by atoms with Gasteiger partial charge in [-0.2, -0.15) is 10.2 Å². The fourth-order valence-electron chi connectivity index (χ4n) is 4.18. The van der Waals surface area contributed by atoms with Crippen molar-refractivity contribution in [1.29, 1.82) is 5.26 Å². The number of hydrogen-bond donors (Lipinski definition) is 0. The monoisotopic (exact) mass is 416 g/mol. The summed E-state index contributed by atoms with van der Waals surface area (Å²) >= 11 is 0. The molecule has 31 heavy (non-hydrogen) atoms. The molecule has 2 aromatic carbocycles. The molecule has 1 aliphatic rings. The zero-order valence-corrected chi connectivity index (χ0v) is 18.4. The molecule has 0 spiro atoms. The van der Waals surface area contributed by atoms with E-state index in [0.717, 1.165) is 49.6 Å². The van der Waals surface area contributed by atoms with Crippen LogP contribution < -0.4 is 9.64 Å². The summed E-state index contributed by atoms with van der Waals surface area (Å²) in [6.45, 7) is 10.7. The molecule has 6 nitrogen and oxygen atoms in total. The molecular formula is C25H28N4O2. The smallest absolute Gasteiger partial charge is 0.236 e. The van der Waals surface area contributed by atoms with E-state index < -0.39 is 0 Å². The molecule has 1 saturated heterocycles. The maximum Gasteiger partial charge on any atom is 0.236 e. The highest BCUT2D eigenvalue weighted by Gasteiger charge is 2.24. The lowest BCUT2D eigenvalue weighted by molar-refractivity contribution is 0.239. The van der Waals surface area contributed by atoms with Crippen LogP contribution in [-0.4, -0.2) is 36.1 Å². The van der Waals surface area contributed by atoms with Gasteiger partial charge in [0, 0.05) is 32.7 Å². The van der Waals surface area contributed by atoms with E-state index in [4.69, 9.17) is 9.15 Å². The predicted octanol–water partition coefficient (Wildman–Crippen LogP) is 4.37. The van der Waals surface area contributed by atoms with Crippen LogP contribution in [0, 0.1) is 32.1 Å². The maximum atomic E-state index is 9.56. The molecule has 0 radical (unpaired) electrons. The third-order valence-electron chi connectivity index (χ3n) is 5.61. The first-order valence-electron chi connectivity index (χ1n) is 10.6. The second-order valence-corrected chi connectivity index (χ2v) is 8.14. The summed E-state index contributed by atoms with van der Waals surface area (Å²) in [5.74, 6) is 1.83. The van der Waals surface area contributed by atoms with Crippen molar-refractivity contribution < 1.29 is 9.15 Å². The van der Waals surface area contributed by atoms with Gasteiger partial charge < -0.3 is 14.1 Å². The van der Waals surface area contributed by atoms with Crippen LogP contribution in [0.15, 0.2) is 46.9 Å². The van der Waals surface area contributed by atoms with E-state index in [1.807, 2.05) is 19.9 Å². The Bertz CT molecular complexity index is 1050. The number of hydrogen-bond acceptors (Lipinski definition) is 6. The number of aryl methyl sites for hydroxylation is 3. The molecule has 0 N–H and O–H groups in total. The minimum absolute atomic E-state index is 0.202. The average Bonchev–Trinajstić information content (AvgIpc) is 3.17. The number of ether oxygens (including phenoxy) is 1. The lowest BCUT2D eigenvalue weighted by Gasteiger charge is -2.34. The fourth-order valence-corrected chi connectivity index (χ4v) is 4.18. The van der Waals surface area contributed by atoms with Crippen molar-refractivity contribution in [2.75, 3.05) is 31.1 Å². The average molecular weight is 417 g/mol. The van der Waals surface area contributed by atoms with Crippen molar-refractivity contribution in [2.45, 2.75) is 33.9 Å². The molecule has 2 heterocycles. The van der Waals surface area contributed by atoms with Crippen LogP contribution in [0.4, 0.5) is 5.88 Å². The largest absolute Gasteiger partial charge is 0.483 e. The van der Waals surface area contributed by atoms with E-state index in [-0.39, 0.29) is 6.61 Å². The van der Waals surface area contributed by atoms with Gasteiger partial charge in [-0.05, 0) is 37.5 Å². The van der Waals surface area contributed by atoms with Crippen molar-refractivity contribution >= 4 is 5.88 Å². The summed E-state index contributed by atoms with van der Waals surface area (Å²) in [6, 6.07) is 16.9. The van der Waals surface area contributed by atoms with E-state index in [1.54, 1.807) is 0 Å². The SMILES string of the molecule is Cc1cc(C)c(OCc2nc(C#N)c(N3CCN(Cc4ccccc4)CC3)o2)c(C)c1. The van der Waals surface area contributed by atoms with Crippen LogP contribution in [0.25, 0.3) is 0 Å². The van der Waals surface area contributed by atoms with Crippen molar-refractivity contribution in [3.63, 3.8) is 0 Å². The normalized spacial score (nSPS) is 14.5. The van der Waals surface area contributed by atoms with Gasteiger partial charge in [0.05, 0.1) is 0 Å². The topological polar surface area (TPSA) is 65.5 Å². The molecule has 0 unspecified atom stereocenters.